The van der Waals surface area contributed by atoms with Gasteiger partial charge in [0.25, 0.3) is 0 Å². The Labute approximate surface area is 333 Å². The number of benzene rings is 4. The third kappa shape index (κ3) is 9.55. The van der Waals surface area contributed by atoms with E-state index in [0.717, 1.165) is 67.9 Å². The van der Waals surface area contributed by atoms with Gasteiger partial charge in [-0.05, 0) is 110 Å². The Morgan fingerprint density at radius 1 is 0.946 bits per heavy atom. The first-order valence-electron chi connectivity index (χ1n) is 18.6. The molecule has 0 saturated heterocycles. The molecule has 0 bridgehead atoms. The molecule has 5 aromatic rings. The molecular weight excluding hydrogens is 726 g/mol. The van der Waals surface area contributed by atoms with Crippen molar-refractivity contribution in [3.05, 3.63) is 129 Å². The minimum absolute atomic E-state index is 0.0756. The maximum Gasteiger partial charge on any atom is 0.303 e. The SMILES string of the molecule is Cc1c(COc2cc(OCc3cncc(C#N)c3)c(CNCCCC(=O)O)cc2Cl)cccc1-c1cccc(-c2ccc3c(c2)CC(=O)N3CCN(C)C)c1C. The first-order valence-corrected chi connectivity index (χ1v) is 19.0. The highest BCUT2D eigenvalue weighted by atomic mass is 35.5. The van der Waals surface area contributed by atoms with Crippen molar-refractivity contribution in [2.45, 2.75) is 52.9 Å². The standard InChI is InChI=1S/C45H46ClN5O5/c1-29-34(28-56-43-22-42(55-27-32-18-31(23-47)24-49-25-32)36(20-40(43)46)26-48-15-7-12-45(53)54)8-5-10-38(29)39-11-6-9-37(30(39)2)33-13-14-41-35(19-33)21-44(52)51(41)17-16-50(3)4/h5-6,8-11,13-14,18-20,22,24-25,48H,7,12,15-17,21,26-28H2,1-4H3,(H,53,54). The lowest BCUT2D eigenvalue weighted by molar-refractivity contribution is -0.137. The van der Waals surface area contributed by atoms with E-state index in [0.29, 0.717) is 54.6 Å². The number of hydrogen-bond donors (Lipinski definition) is 2. The summed E-state index contributed by atoms with van der Waals surface area (Å²) in [6, 6.07) is 26.3. The summed E-state index contributed by atoms with van der Waals surface area (Å²) in [5.41, 5.74) is 11.7. The Hall–Kier alpha value is -5.73. The van der Waals surface area contributed by atoms with E-state index in [-0.39, 0.29) is 25.5 Å². The molecule has 1 aliphatic rings. The van der Waals surface area contributed by atoms with E-state index in [4.69, 9.17) is 26.2 Å². The number of carboxylic acid groups (broad SMARTS) is 1. The molecular formula is C45H46ClN5O5. The van der Waals surface area contributed by atoms with Crippen LogP contribution in [0.15, 0.2) is 85.2 Å². The highest BCUT2D eigenvalue weighted by molar-refractivity contribution is 6.32. The Kier molecular flexibility index (Phi) is 13.0. The summed E-state index contributed by atoms with van der Waals surface area (Å²) in [6.45, 7) is 7.08. The number of nitrogens with one attached hydrogen (secondary N) is 1. The van der Waals surface area contributed by atoms with Crippen molar-refractivity contribution < 1.29 is 24.2 Å². The van der Waals surface area contributed by atoms with E-state index in [2.05, 4.69) is 77.6 Å². The topological polar surface area (TPSA) is 128 Å². The van der Waals surface area contributed by atoms with Crippen LogP contribution in [-0.2, 0) is 35.8 Å². The molecule has 1 aliphatic heterocycles. The second kappa shape index (κ2) is 18.3. The first kappa shape index (κ1) is 39.9. The maximum atomic E-state index is 12.9. The normalized spacial score (nSPS) is 12.2. The average Bonchev–Trinajstić information content (AvgIpc) is 3.50. The van der Waals surface area contributed by atoms with Crippen LogP contribution in [0.5, 0.6) is 11.5 Å². The van der Waals surface area contributed by atoms with Gasteiger partial charge in [-0.3, -0.25) is 14.6 Å². The summed E-state index contributed by atoms with van der Waals surface area (Å²) in [5, 5.41) is 22.0. The van der Waals surface area contributed by atoms with Crippen LogP contribution in [0.25, 0.3) is 22.3 Å². The number of halogens is 1. The van der Waals surface area contributed by atoms with Gasteiger partial charge in [-0.15, -0.1) is 0 Å². The molecule has 1 aromatic heterocycles. The minimum Gasteiger partial charge on any atom is -0.488 e. The van der Waals surface area contributed by atoms with Gasteiger partial charge >= 0.3 is 5.97 Å². The van der Waals surface area contributed by atoms with E-state index in [9.17, 15) is 14.9 Å². The zero-order chi connectivity index (χ0) is 39.8. The second-order valence-electron chi connectivity index (χ2n) is 14.3. The van der Waals surface area contributed by atoms with E-state index in [1.165, 1.54) is 6.20 Å². The van der Waals surface area contributed by atoms with Gasteiger partial charge in [-0.2, -0.15) is 5.26 Å². The molecule has 1 amide bonds. The van der Waals surface area contributed by atoms with Crippen molar-refractivity contribution >= 4 is 29.2 Å². The van der Waals surface area contributed by atoms with Gasteiger partial charge in [-0.25, -0.2) is 0 Å². The number of rotatable bonds is 17. The highest BCUT2D eigenvalue weighted by Crippen LogP contribution is 2.39. The van der Waals surface area contributed by atoms with Crippen LogP contribution in [0.2, 0.25) is 5.02 Å². The molecule has 11 heteroatoms. The van der Waals surface area contributed by atoms with Crippen molar-refractivity contribution in [2.75, 3.05) is 38.6 Å². The third-order valence-corrected chi connectivity index (χ3v) is 10.3. The lowest BCUT2D eigenvalue weighted by Crippen LogP contribution is -2.33. The van der Waals surface area contributed by atoms with E-state index in [1.54, 1.807) is 24.4 Å². The maximum absolute atomic E-state index is 12.9. The molecule has 4 aromatic carbocycles. The lowest BCUT2D eigenvalue weighted by atomic mass is 9.89. The van der Waals surface area contributed by atoms with Crippen LogP contribution in [0, 0.1) is 25.2 Å². The summed E-state index contributed by atoms with van der Waals surface area (Å²) >= 11 is 6.79. The van der Waals surface area contributed by atoms with Crippen LogP contribution in [0.1, 0.15) is 51.8 Å². The lowest BCUT2D eigenvalue weighted by Gasteiger charge is -2.20. The van der Waals surface area contributed by atoms with Crippen molar-refractivity contribution in [1.82, 2.24) is 15.2 Å². The summed E-state index contributed by atoms with van der Waals surface area (Å²) in [6.07, 6.45) is 4.13. The van der Waals surface area contributed by atoms with Crippen molar-refractivity contribution in [1.29, 1.82) is 5.26 Å². The van der Waals surface area contributed by atoms with Gasteiger partial charge in [0.05, 0.1) is 17.0 Å². The monoisotopic (exact) mass is 771 g/mol. The van der Waals surface area contributed by atoms with Gasteiger partial charge in [0, 0.05) is 61.3 Å². The number of nitriles is 1. The number of carbonyl (C=O) groups is 2. The molecule has 0 unspecified atom stereocenters. The van der Waals surface area contributed by atoms with Gasteiger partial charge in [0.2, 0.25) is 5.91 Å². The number of likely N-dealkylation sites (N-methyl/N-ethyl adjacent to an activating group) is 1. The van der Waals surface area contributed by atoms with Crippen LogP contribution in [0.4, 0.5) is 5.69 Å². The molecule has 0 atom stereocenters. The molecule has 2 heterocycles. The van der Waals surface area contributed by atoms with E-state index >= 15 is 0 Å². The Bertz CT molecular complexity index is 2280. The smallest absolute Gasteiger partial charge is 0.303 e. The van der Waals surface area contributed by atoms with E-state index < -0.39 is 5.97 Å². The number of pyridine rings is 1. The molecule has 6 rings (SSSR count). The number of carbonyl (C=O) groups excluding carboxylic acids is 1. The fourth-order valence-electron chi connectivity index (χ4n) is 6.96. The summed E-state index contributed by atoms with van der Waals surface area (Å²) < 4.78 is 12.6. The Morgan fingerprint density at radius 2 is 1.70 bits per heavy atom. The van der Waals surface area contributed by atoms with Gasteiger partial charge < -0.3 is 29.7 Å². The second-order valence-corrected chi connectivity index (χ2v) is 14.7. The predicted octanol–water partition coefficient (Wildman–Crippen LogP) is 8.12. The fraction of sp³-hybridized carbons (Fsp3) is 0.289. The quantitative estimate of drug-likeness (QED) is 0.0902. The average molecular weight is 772 g/mol. The molecule has 2 N–H and O–H groups in total. The number of hydrogen-bond acceptors (Lipinski definition) is 8. The number of nitrogens with zero attached hydrogens (tertiary/aromatic N) is 4. The zero-order valence-electron chi connectivity index (χ0n) is 32.2. The van der Waals surface area contributed by atoms with Crippen LogP contribution in [-0.4, -0.2) is 60.6 Å². The molecule has 288 valence electrons. The number of aliphatic carboxylic acids is 1. The molecule has 0 radical (unpaired) electrons. The zero-order valence-corrected chi connectivity index (χ0v) is 32.9. The number of aromatic nitrogens is 1. The third-order valence-electron chi connectivity index (χ3n) is 10.0. The fourth-order valence-corrected chi connectivity index (χ4v) is 7.20. The van der Waals surface area contributed by atoms with Crippen molar-refractivity contribution in [3.8, 4) is 39.8 Å². The predicted molar refractivity (Wildman–Crippen MR) is 219 cm³/mol. The molecule has 0 spiro atoms. The van der Waals surface area contributed by atoms with Crippen molar-refractivity contribution in [2.24, 2.45) is 0 Å². The van der Waals surface area contributed by atoms with Crippen molar-refractivity contribution in [3.63, 3.8) is 0 Å². The number of anilines is 1. The summed E-state index contributed by atoms with van der Waals surface area (Å²) in [4.78, 5) is 32.0. The first-order chi connectivity index (χ1) is 27.0. The van der Waals surface area contributed by atoms with Gasteiger partial charge in [0.1, 0.15) is 30.8 Å². The Morgan fingerprint density at radius 3 is 2.46 bits per heavy atom. The number of carboxylic acids is 1. The molecule has 0 fully saturated rings. The highest BCUT2D eigenvalue weighted by Gasteiger charge is 2.27. The van der Waals surface area contributed by atoms with Crippen LogP contribution < -0.4 is 19.7 Å². The molecule has 10 nitrogen and oxygen atoms in total. The number of ether oxygens (including phenoxy) is 2. The van der Waals surface area contributed by atoms with Crippen LogP contribution >= 0.6 is 11.6 Å². The number of fused-ring (bicyclic) bond motifs is 1. The van der Waals surface area contributed by atoms with Gasteiger partial charge in [-0.1, -0.05) is 54.1 Å². The van der Waals surface area contributed by atoms with E-state index in [1.807, 2.05) is 31.1 Å². The van der Waals surface area contributed by atoms with Crippen LogP contribution in [0.3, 0.4) is 0 Å². The molecule has 0 aliphatic carbocycles. The molecule has 56 heavy (non-hydrogen) atoms. The minimum atomic E-state index is -0.837. The Balaban J connectivity index is 1.21. The van der Waals surface area contributed by atoms with Gasteiger partial charge in [0.15, 0.2) is 0 Å². The summed E-state index contributed by atoms with van der Waals surface area (Å²) in [7, 11) is 4.03. The summed E-state index contributed by atoms with van der Waals surface area (Å²) in [5.74, 6) is 0.309. The largest absolute Gasteiger partial charge is 0.488 e. The number of amides is 1. The molecule has 0 saturated carbocycles.